The molecule has 0 amide bonds. The fourth-order valence-electron chi connectivity index (χ4n) is 1.78. The number of hydrogen-bond acceptors (Lipinski definition) is 3. The molecule has 3 heteroatoms. The Morgan fingerprint density at radius 1 is 1.12 bits per heavy atom. The van der Waals surface area contributed by atoms with E-state index in [1.807, 2.05) is 37.3 Å². The summed E-state index contributed by atoms with van der Waals surface area (Å²) in [6.07, 6.45) is 0. The summed E-state index contributed by atoms with van der Waals surface area (Å²) < 4.78 is 1.19. The first-order valence-corrected chi connectivity index (χ1v) is 6.21. The van der Waals surface area contributed by atoms with Crippen molar-refractivity contribution in [1.82, 2.24) is 4.98 Å². The Hall–Kier alpha value is -1.87. The lowest BCUT2D eigenvalue weighted by Gasteiger charge is -2.00. The Morgan fingerprint density at radius 2 is 1.94 bits per heavy atom. The quantitative estimate of drug-likeness (QED) is 0.699. The minimum Gasteiger partial charge on any atom is -0.508 e. The molecule has 84 valence electrons. The van der Waals surface area contributed by atoms with Gasteiger partial charge in [-0.1, -0.05) is 12.1 Å². The van der Waals surface area contributed by atoms with E-state index in [0.29, 0.717) is 5.75 Å². The molecule has 1 heterocycles. The molecule has 2 aromatic carbocycles. The van der Waals surface area contributed by atoms with Gasteiger partial charge in [0, 0.05) is 5.56 Å². The number of thiazole rings is 1. The van der Waals surface area contributed by atoms with E-state index in [-0.39, 0.29) is 0 Å². The van der Waals surface area contributed by atoms with Crippen molar-refractivity contribution in [1.29, 1.82) is 0 Å². The van der Waals surface area contributed by atoms with Crippen LogP contribution < -0.4 is 0 Å². The summed E-state index contributed by atoms with van der Waals surface area (Å²) in [7, 11) is 0. The van der Waals surface area contributed by atoms with Crippen LogP contribution in [0.3, 0.4) is 0 Å². The van der Waals surface area contributed by atoms with E-state index < -0.39 is 0 Å². The molecule has 1 N–H and O–H groups in total. The third-order valence-electron chi connectivity index (χ3n) is 2.74. The molecule has 0 saturated carbocycles. The maximum absolute atomic E-state index is 9.51. The largest absolute Gasteiger partial charge is 0.508 e. The lowest BCUT2D eigenvalue weighted by molar-refractivity contribution is 0.471. The molecule has 0 spiro atoms. The predicted octanol–water partition coefficient (Wildman–Crippen LogP) is 3.98. The number of aromatic nitrogens is 1. The molecule has 0 atom stereocenters. The van der Waals surface area contributed by atoms with Gasteiger partial charge in [-0.15, -0.1) is 11.3 Å². The number of nitrogens with zero attached hydrogens (tertiary/aromatic N) is 1. The van der Waals surface area contributed by atoms with Crippen LogP contribution in [0.25, 0.3) is 20.8 Å². The van der Waals surface area contributed by atoms with Crippen LogP contribution in [0.2, 0.25) is 0 Å². The number of phenols is 1. The highest BCUT2D eigenvalue weighted by Gasteiger charge is 2.06. The first kappa shape index (κ1) is 10.3. The average Bonchev–Trinajstić information content (AvgIpc) is 2.76. The van der Waals surface area contributed by atoms with Crippen molar-refractivity contribution < 1.29 is 5.11 Å². The molecule has 0 radical (unpaired) electrons. The average molecular weight is 241 g/mol. The van der Waals surface area contributed by atoms with E-state index in [4.69, 9.17) is 0 Å². The molecule has 3 rings (SSSR count). The van der Waals surface area contributed by atoms with Gasteiger partial charge in [-0.3, -0.25) is 0 Å². The molecule has 2 nitrogen and oxygen atoms in total. The summed E-state index contributed by atoms with van der Waals surface area (Å²) in [5.41, 5.74) is 2.96. The van der Waals surface area contributed by atoms with Crippen molar-refractivity contribution >= 4 is 21.6 Å². The lowest BCUT2D eigenvalue weighted by Crippen LogP contribution is -1.79. The van der Waals surface area contributed by atoms with E-state index >= 15 is 0 Å². The van der Waals surface area contributed by atoms with Gasteiger partial charge in [-0.25, -0.2) is 4.98 Å². The van der Waals surface area contributed by atoms with Crippen molar-refractivity contribution in [2.24, 2.45) is 0 Å². The topological polar surface area (TPSA) is 33.1 Å². The van der Waals surface area contributed by atoms with Crippen molar-refractivity contribution in [2.45, 2.75) is 6.92 Å². The number of hydrogen-bond donors (Lipinski definition) is 1. The summed E-state index contributed by atoms with van der Waals surface area (Å²) >= 11 is 1.67. The van der Waals surface area contributed by atoms with Crippen LogP contribution >= 0.6 is 11.3 Å². The Kier molecular flexibility index (Phi) is 2.34. The van der Waals surface area contributed by atoms with E-state index in [9.17, 15) is 5.11 Å². The first-order chi connectivity index (χ1) is 8.24. The van der Waals surface area contributed by atoms with Crippen LogP contribution in [0, 0.1) is 6.92 Å². The third-order valence-corrected chi connectivity index (χ3v) is 3.82. The first-order valence-electron chi connectivity index (χ1n) is 5.39. The van der Waals surface area contributed by atoms with Crippen LogP contribution in [0.5, 0.6) is 5.75 Å². The Morgan fingerprint density at radius 3 is 2.71 bits per heavy atom. The highest BCUT2D eigenvalue weighted by molar-refractivity contribution is 7.21. The summed E-state index contributed by atoms with van der Waals surface area (Å²) in [4.78, 5) is 4.59. The Bertz CT molecular complexity index is 655. The number of aryl methyl sites for hydroxylation is 1. The van der Waals surface area contributed by atoms with Gasteiger partial charge in [0.1, 0.15) is 10.8 Å². The number of para-hydroxylation sites is 1. The van der Waals surface area contributed by atoms with Crippen LogP contribution in [-0.4, -0.2) is 10.1 Å². The van der Waals surface area contributed by atoms with E-state index in [1.54, 1.807) is 17.4 Å². The second kappa shape index (κ2) is 3.86. The van der Waals surface area contributed by atoms with Crippen molar-refractivity contribution in [3.8, 4) is 16.3 Å². The molecular formula is C14H11NOS. The zero-order chi connectivity index (χ0) is 11.8. The second-order valence-electron chi connectivity index (χ2n) is 3.99. The molecule has 3 aromatic rings. The van der Waals surface area contributed by atoms with Crippen molar-refractivity contribution in [2.75, 3.05) is 0 Å². The SMILES string of the molecule is Cc1cc(-c2nc3ccccc3s2)ccc1O. The highest BCUT2D eigenvalue weighted by atomic mass is 32.1. The zero-order valence-corrected chi connectivity index (χ0v) is 10.2. The standard InChI is InChI=1S/C14H11NOS/c1-9-8-10(6-7-12(9)16)14-15-11-4-2-3-5-13(11)17-14/h2-8,16H,1H3. The van der Waals surface area contributed by atoms with Crippen LogP contribution in [0.1, 0.15) is 5.56 Å². The molecule has 0 aliphatic rings. The number of rotatable bonds is 1. The van der Waals surface area contributed by atoms with E-state index in [2.05, 4.69) is 11.1 Å². The minimum absolute atomic E-state index is 0.329. The zero-order valence-electron chi connectivity index (χ0n) is 9.34. The Balaban J connectivity index is 2.17. The molecular weight excluding hydrogens is 230 g/mol. The monoisotopic (exact) mass is 241 g/mol. The number of phenolic OH excluding ortho intramolecular Hbond substituents is 1. The molecule has 1 aromatic heterocycles. The minimum atomic E-state index is 0.329. The van der Waals surface area contributed by atoms with Crippen LogP contribution in [0.4, 0.5) is 0 Å². The van der Waals surface area contributed by atoms with Gasteiger partial charge in [0.2, 0.25) is 0 Å². The summed E-state index contributed by atoms with van der Waals surface area (Å²) in [6.45, 7) is 1.89. The van der Waals surface area contributed by atoms with Crippen molar-refractivity contribution in [3.05, 3.63) is 48.0 Å². The van der Waals surface area contributed by atoms with Gasteiger partial charge in [-0.05, 0) is 42.8 Å². The predicted molar refractivity (Wildman–Crippen MR) is 71.5 cm³/mol. The smallest absolute Gasteiger partial charge is 0.124 e. The van der Waals surface area contributed by atoms with Gasteiger partial charge >= 0.3 is 0 Å². The number of benzene rings is 2. The number of aromatic hydroxyl groups is 1. The Labute approximate surface area is 103 Å². The van der Waals surface area contributed by atoms with E-state index in [0.717, 1.165) is 21.7 Å². The fraction of sp³-hybridized carbons (Fsp3) is 0.0714. The molecule has 0 aliphatic heterocycles. The normalized spacial score (nSPS) is 10.9. The maximum Gasteiger partial charge on any atom is 0.124 e. The number of fused-ring (bicyclic) bond motifs is 1. The van der Waals surface area contributed by atoms with Gasteiger partial charge in [0.25, 0.3) is 0 Å². The molecule has 0 fully saturated rings. The van der Waals surface area contributed by atoms with Gasteiger partial charge in [0.05, 0.1) is 10.2 Å². The molecule has 0 unspecified atom stereocenters. The third kappa shape index (κ3) is 1.78. The van der Waals surface area contributed by atoms with E-state index in [1.165, 1.54) is 4.70 Å². The van der Waals surface area contributed by atoms with Gasteiger partial charge < -0.3 is 5.11 Å². The molecule has 0 saturated heterocycles. The van der Waals surface area contributed by atoms with Gasteiger partial charge in [0.15, 0.2) is 0 Å². The second-order valence-corrected chi connectivity index (χ2v) is 5.02. The molecule has 17 heavy (non-hydrogen) atoms. The molecule has 0 aliphatic carbocycles. The highest BCUT2D eigenvalue weighted by Crippen LogP contribution is 2.31. The van der Waals surface area contributed by atoms with Crippen LogP contribution in [-0.2, 0) is 0 Å². The summed E-state index contributed by atoms with van der Waals surface area (Å²) in [6, 6.07) is 13.7. The molecule has 0 bridgehead atoms. The van der Waals surface area contributed by atoms with Gasteiger partial charge in [-0.2, -0.15) is 0 Å². The maximum atomic E-state index is 9.51. The summed E-state index contributed by atoms with van der Waals surface area (Å²) in [5, 5.41) is 10.5. The summed E-state index contributed by atoms with van der Waals surface area (Å²) in [5.74, 6) is 0.329. The lowest BCUT2D eigenvalue weighted by atomic mass is 10.1. The fourth-order valence-corrected chi connectivity index (χ4v) is 2.75. The van der Waals surface area contributed by atoms with Crippen LogP contribution in [0.15, 0.2) is 42.5 Å². The van der Waals surface area contributed by atoms with Crippen molar-refractivity contribution in [3.63, 3.8) is 0 Å².